The second-order valence-electron chi connectivity index (χ2n) is 28.4. The minimum Gasteiger partial charge on any atom is -0.462 e. The molecule has 0 aliphatic rings. The molecule has 0 aromatic heterocycles. The fourth-order valence-corrected chi connectivity index (χ4v) is 13.3. The number of hydrogen-bond acceptors (Lipinski definition) is 15. The number of rotatable bonds is 80. The van der Waals surface area contributed by atoms with Crippen LogP contribution in [0, 0.1) is 0 Å². The van der Waals surface area contributed by atoms with E-state index in [1.807, 2.05) is 12.2 Å². The number of carbonyl (C=O) groups is 4. The molecule has 17 nitrogen and oxygen atoms in total. The number of phosphoric acid groups is 2. The van der Waals surface area contributed by atoms with Crippen LogP contribution >= 0.6 is 15.6 Å². The summed E-state index contributed by atoms with van der Waals surface area (Å²) in [5, 5.41) is 10.7. The van der Waals surface area contributed by atoms with E-state index in [-0.39, 0.29) is 25.7 Å². The molecule has 5 atom stereocenters. The fraction of sp³-hybridized carbons (Fsp3) is 0.812. The van der Waals surface area contributed by atoms with E-state index < -0.39 is 97.5 Å². The van der Waals surface area contributed by atoms with Crippen molar-refractivity contribution in [2.24, 2.45) is 0 Å². The average Bonchev–Trinajstić information content (AvgIpc) is 1.07. The number of aliphatic hydroxyl groups is 1. The second kappa shape index (κ2) is 77.7. The summed E-state index contributed by atoms with van der Waals surface area (Å²) in [7, 11) is -9.97. The molecule has 0 aromatic carbocycles. The molecule has 0 fully saturated rings. The number of hydrogen-bond donors (Lipinski definition) is 3. The van der Waals surface area contributed by atoms with Crippen LogP contribution in [-0.2, 0) is 65.4 Å². The minimum absolute atomic E-state index is 0.0187. The molecule has 2 unspecified atom stereocenters. The SMILES string of the molecule is CCCCC/C=C\C/C=C\C/C=C\C/C=C\CCCC(=O)O[C@H](COC(=O)CCCCCCC/C=C\C/C=C\CCCCC)COP(=O)(O)OC[C@H](O)COP(=O)(O)OC[C@@H](COC(=O)CCCCCCCCCCCCCCCCCCC)OC(=O)CCCCCCCCCCCCCCCCC. The largest absolute Gasteiger partial charge is 0.472 e. The van der Waals surface area contributed by atoms with Gasteiger partial charge in [-0.15, -0.1) is 0 Å². The lowest BCUT2D eigenvalue weighted by molar-refractivity contribution is -0.161. The standard InChI is InChI=1S/C85H154O17P2/c1-5-9-13-17-21-25-29-33-37-39-43-46-50-54-58-62-66-70-83(88)96-76-80(101-84(89)71-67-63-59-55-51-47-42-36-32-28-24-20-16-12-8-4)77-99-103(91,92)97-73-79(86)74-98-104(93,94)100-78-81(75-95-82(87)69-65-61-57-53-49-45-41-35-31-27-23-19-15-11-7-3)102-85(90)72-68-64-60-56-52-48-44-40-38-34-30-26-22-18-14-10-6-2/h22-23,26-27,34-35,38,41,44,48,56,60,79-81,86H,5-21,24-25,28-33,36-37,39-40,42-43,45-47,49-55,57-59,61-78H2,1-4H3,(H,91,92)(H,93,94)/b26-22-,27-23-,38-34-,41-35-,48-44-,60-56-/t79-,80-,81-/m1/s1. The minimum atomic E-state index is -4.99. The highest BCUT2D eigenvalue weighted by atomic mass is 31.2. The zero-order valence-corrected chi connectivity index (χ0v) is 68.2. The molecule has 0 aromatic rings. The average molecular weight is 1510 g/mol. The Morgan fingerprint density at radius 1 is 0.269 bits per heavy atom. The van der Waals surface area contributed by atoms with Crippen LogP contribution in [0.5, 0.6) is 0 Å². The first-order valence-corrected chi connectivity index (χ1v) is 45.2. The van der Waals surface area contributed by atoms with E-state index in [1.54, 1.807) is 0 Å². The fourth-order valence-electron chi connectivity index (χ4n) is 11.7. The lowest BCUT2D eigenvalue weighted by Gasteiger charge is -2.21. The van der Waals surface area contributed by atoms with Crippen molar-refractivity contribution in [2.75, 3.05) is 39.6 Å². The maximum absolute atomic E-state index is 13.1. The molecule has 0 spiro atoms. The summed E-state index contributed by atoms with van der Waals surface area (Å²) >= 11 is 0. The first-order valence-electron chi connectivity index (χ1n) is 42.2. The van der Waals surface area contributed by atoms with Crippen molar-refractivity contribution in [1.29, 1.82) is 0 Å². The predicted molar refractivity (Wildman–Crippen MR) is 427 cm³/mol. The topological polar surface area (TPSA) is 237 Å². The van der Waals surface area contributed by atoms with Gasteiger partial charge in [0.05, 0.1) is 26.4 Å². The van der Waals surface area contributed by atoms with Crippen LogP contribution < -0.4 is 0 Å². The first kappa shape index (κ1) is 100. The van der Waals surface area contributed by atoms with Crippen LogP contribution in [-0.4, -0.2) is 96.7 Å². The van der Waals surface area contributed by atoms with Gasteiger partial charge in [0.2, 0.25) is 0 Å². The van der Waals surface area contributed by atoms with Crippen LogP contribution in [0.2, 0.25) is 0 Å². The van der Waals surface area contributed by atoms with Crippen molar-refractivity contribution >= 4 is 39.5 Å². The molecule has 3 N–H and O–H groups in total. The van der Waals surface area contributed by atoms with Crippen molar-refractivity contribution in [1.82, 2.24) is 0 Å². The number of unbranched alkanes of at least 4 members (excludes halogenated alkanes) is 42. The highest BCUT2D eigenvalue weighted by Crippen LogP contribution is 2.45. The molecule has 0 bridgehead atoms. The Balaban J connectivity index is 5.38. The van der Waals surface area contributed by atoms with E-state index in [4.69, 9.17) is 37.0 Å². The number of aliphatic hydroxyl groups excluding tert-OH is 1. The van der Waals surface area contributed by atoms with Crippen molar-refractivity contribution in [2.45, 2.75) is 406 Å². The molecule has 0 aliphatic heterocycles. The van der Waals surface area contributed by atoms with Gasteiger partial charge in [-0.3, -0.25) is 37.3 Å². The molecule has 0 heterocycles. The Labute approximate surface area is 634 Å². The van der Waals surface area contributed by atoms with Gasteiger partial charge in [-0.1, -0.05) is 338 Å². The van der Waals surface area contributed by atoms with Gasteiger partial charge in [-0.05, 0) is 96.3 Å². The van der Waals surface area contributed by atoms with E-state index in [2.05, 4.69) is 88.5 Å². The summed E-state index contributed by atoms with van der Waals surface area (Å²) in [5.74, 6) is -2.22. The van der Waals surface area contributed by atoms with Crippen LogP contribution in [0.25, 0.3) is 0 Å². The van der Waals surface area contributed by atoms with Crippen molar-refractivity contribution < 1.29 is 80.2 Å². The smallest absolute Gasteiger partial charge is 0.462 e. The van der Waals surface area contributed by atoms with Gasteiger partial charge in [0.15, 0.2) is 12.2 Å². The quantitative estimate of drug-likeness (QED) is 0.0169. The maximum Gasteiger partial charge on any atom is 0.472 e. The van der Waals surface area contributed by atoms with Gasteiger partial charge in [0, 0.05) is 25.7 Å². The molecule has 0 rings (SSSR count). The van der Waals surface area contributed by atoms with E-state index in [1.165, 1.54) is 186 Å². The molecular formula is C85H154O17P2. The van der Waals surface area contributed by atoms with Gasteiger partial charge < -0.3 is 33.8 Å². The summed E-state index contributed by atoms with van der Waals surface area (Å²) in [6, 6.07) is 0. The summed E-state index contributed by atoms with van der Waals surface area (Å²) in [4.78, 5) is 73.1. The van der Waals surface area contributed by atoms with Gasteiger partial charge in [-0.2, -0.15) is 0 Å². The van der Waals surface area contributed by atoms with Crippen LogP contribution in [0.15, 0.2) is 72.9 Å². The van der Waals surface area contributed by atoms with Crippen molar-refractivity contribution in [3.05, 3.63) is 72.9 Å². The number of ether oxygens (including phenoxy) is 4. The van der Waals surface area contributed by atoms with Gasteiger partial charge in [0.1, 0.15) is 19.3 Å². The van der Waals surface area contributed by atoms with Crippen molar-refractivity contribution in [3.63, 3.8) is 0 Å². The number of carbonyl (C=O) groups excluding carboxylic acids is 4. The van der Waals surface area contributed by atoms with E-state index in [0.29, 0.717) is 32.1 Å². The molecule has 0 amide bonds. The van der Waals surface area contributed by atoms with E-state index >= 15 is 0 Å². The van der Waals surface area contributed by atoms with E-state index in [9.17, 15) is 43.2 Å². The molecule has 0 saturated heterocycles. The lowest BCUT2D eigenvalue weighted by atomic mass is 10.0. The third-order valence-electron chi connectivity index (χ3n) is 18.2. The molecule has 0 radical (unpaired) electrons. The monoisotopic (exact) mass is 1510 g/mol. The Morgan fingerprint density at radius 3 is 0.779 bits per heavy atom. The lowest BCUT2D eigenvalue weighted by Crippen LogP contribution is -2.30. The predicted octanol–water partition coefficient (Wildman–Crippen LogP) is 24.8. The molecule has 104 heavy (non-hydrogen) atoms. The summed E-state index contributed by atoms with van der Waals surface area (Å²) in [6.07, 6.45) is 80.2. The molecule has 0 saturated carbocycles. The summed E-state index contributed by atoms with van der Waals surface area (Å²) in [5.41, 5.74) is 0. The molecule has 606 valence electrons. The first-order chi connectivity index (χ1) is 50.7. The normalized spacial score (nSPS) is 14.2. The number of allylic oxidation sites excluding steroid dienone is 12. The number of phosphoric ester groups is 2. The Kier molecular flexibility index (Phi) is 75.0. The van der Waals surface area contributed by atoms with Crippen molar-refractivity contribution in [3.8, 4) is 0 Å². The Morgan fingerprint density at radius 2 is 0.481 bits per heavy atom. The zero-order chi connectivity index (χ0) is 76.0. The third-order valence-corrected chi connectivity index (χ3v) is 20.1. The maximum atomic E-state index is 13.1. The van der Waals surface area contributed by atoms with E-state index in [0.717, 1.165) is 116 Å². The van der Waals surface area contributed by atoms with Gasteiger partial charge in [0.25, 0.3) is 0 Å². The zero-order valence-electron chi connectivity index (χ0n) is 66.5. The second-order valence-corrected chi connectivity index (χ2v) is 31.3. The van der Waals surface area contributed by atoms with Gasteiger partial charge in [-0.25, -0.2) is 9.13 Å². The highest BCUT2D eigenvalue weighted by molar-refractivity contribution is 7.47. The third kappa shape index (κ3) is 76.7. The highest BCUT2D eigenvalue weighted by Gasteiger charge is 2.30. The molecule has 0 aliphatic carbocycles. The van der Waals surface area contributed by atoms with Crippen LogP contribution in [0.1, 0.15) is 387 Å². The Hall–Kier alpha value is -3.50. The Bertz CT molecular complexity index is 2250. The van der Waals surface area contributed by atoms with Crippen LogP contribution in [0.4, 0.5) is 0 Å². The summed E-state index contributed by atoms with van der Waals surface area (Å²) in [6.45, 7) is 4.84. The number of esters is 4. The summed E-state index contributed by atoms with van der Waals surface area (Å²) < 4.78 is 68.7. The van der Waals surface area contributed by atoms with Gasteiger partial charge >= 0.3 is 39.5 Å². The van der Waals surface area contributed by atoms with Crippen LogP contribution in [0.3, 0.4) is 0 Å². The molecule has 19 heteroatoms. The molecular weight excluding hydrogens is 1350 g/mol.